The number of aromatic hydroxyl groups is 1. The number of hydrogen-bond acceptors (Lipinski definition) is 5. The van der Waals surface area contributed by atoms with Gasteiger partial charge in [0.05, 0.1) is 5.69 Å². The van der Waals surface area contributed by atoms with E-state index in [2.05, 4.69) is 50.5 Å². The second-order valence-corrected chi connectivity index (χ2v) is 8.59. The molecule has 0 atom stereocenters. The van der Waals surface area contributed by atoms with E-state index in [4.69, 9.17) is 0 Å². The quantitative estimate of drug-likeness (QED) is 0.643. The van der Waals surface area contributed by atoms with Crippen molar-refractivity contribution in [3.05, 3.63) is 60.7 Å². The molecule has 0 unspecified atom stereocenters. The number of benzene rings is 3. The summed E-state index contributed by atoms with van der Waals surface area (Å²) >= 11 is 1.89. The van der Waals surface area contributed by atoms with Gasteiger partial charge in [0.1, 0.15) is 5.75 Å². The first-order chi connectivity index (χ1) is 13.8. The first-order valence-electron chi connectivity index (χ1n) is 10.0. The molecule has 0 radical (unpaired) electrons. The van der Waals surface area contributed by atoms with Gasteiger partial charge in [-0.2, -0.15) is 0 Å². The molecule has 0 spiro atoms. The zero-order valence-corrected chi connectivity index (χ0v) is 16.7. The van der Waals surface area contributed by atoms with Gasteiger partial charge in [-0.05, 0) is 66.7 Å². The minimum atomic E-state index is 0.333. The molecule has 1 N–H and O–H groups in total. The van der Waals surface area contributed by atoms with Gasteiger partial charge in [-0.15, -0.1) is 0 Å². The van der Waals surface area contributed by atoms with Crippen molar-refractivity contribution in [2.24, 2.45) is 0 Å². The van der Waals surface area contributed by atoms with Gasteiger partial charge in [0.2, 0.25) is 0 Å². The summed E-state index contributed by atoms with van der Waals surface area (Å²) in [6.07, 6.45) is 1.18. The van der Waals surface area contributed by atoms with Crippen LogP contribution in [-0.2, 0) is 0 Å². The summed E-state index contributed by atoms with van der Waals surface area (Å²) in [4.78, 5) is 6.37. The first kappa shape index (κ1) is 17.7. The Kier molecular flexibility index (Phi) is 4.79. The van der Waals surface area contributed by atoms with Crippen LogP contribution < -0.4 is 9.21 Å². The van der Waals surface area contributed by atoms with Crippen LogP contribution in [0.3, 0.4) is 0 Å². The lowest BCUT2D eigenvalue weighted by Gasteiger charge is -2.36. The van der Waals surface area contributed by atoms with Gasteiger partial charge in [-0.3, -0.25) is 4.90 Å². The molecule has 0 bridgehead atoms. The SMILES string of the molecule is Oc1ccc(N2CCN(CCCN3Sc4cccc5cccc3c45)CC2)cc1. The van der Waals surface area contributed by atoms with Crippen LogP contribution in [-0.4, -0.2) is 49.3 Å². The van der Waals surface area contributed by atoms with E-state index >= 15 is 0 Å². The van der Waals surface area contributed by atoms with Gasteiger partial charge in [0.25, 0.3) is 0 Å². The largest absolute Gasteiger partial charge is 0.508 e. The highest BCUT2D eigenvalue weighted by Crippen LogP contribution is 2.45. The van der Waals surface area contributed by atoms with E-state index in [-0.39, 0.29) is 0 Å². The van der Waals surface area contributed by atoms with E-state index in [1.165, 1.54) is 33.5 Å². The molecule has 2 heterocycles. The molecule has 3 aromatic rings. The van der Waals surface area contributed by atoms with Crippen molar-refractivity contribution < 1.29 is 5.11 Å². The number of piperazine rings is 1. The van der Waals surface area contributed by atoms with Crippen LogP contribution >= 0.6 is 11.9 Å². The van der Waals surface area contributed by atoms with Gasteiger partial charge in [0, 0.05) is 48.7 Å². The summed E-state index contributed by atoms with van der Waals surface area (Å²) in [5.74, 6) is 0.333. The number of phenolic OH excluding ortho intramolecular Hbond substituents is 1. The topological polar surface area (TPSA) is 30.0 Å². The Labute approximate surface area is 170 Å². The fourth-order valence-electron chi connectivity index (χ4n) is 4.24. The number of anilines is 2. The number of hydrogen-bond donors (Lipinski definition) is 1. The van der Waals surface area contributed by atoms with Crippen LogP contribution in [0.1, 0.15) is 6.42 Å². The molecule has 1 saturated heterocycles. The lowest BCUT2D eigenvalue weighted by molar-refractivity contribution is 0.256. The molecule has 0 aliphatic carbocycles. The van der Waals surface area contributed by atoms with Crippen molar-refractivity contribution in [3.63, 3.8) is 0 Å². The Bertz CT molecular complexity index is 962. The van der Waals surface area contributed by atoms with Crippen LogP contribution in [0.2, 0.25) is 0 Å². The highest BCUT2D eigenvalue weighted by atomic mass is 32.2. The van der Waals surface area contributed by atoms with Gasteiger partial charge in [-0.1, -0.05) is 24.3 Å². The second-order valence-electron chi connectivity index (χ2n) is 7.52. The summed E-state index contributed by atoms with van der Waals surface area (Å²) in [7, 11) is 0. The fraction of sp³-hybridized carbons (Fsp3) is 0.304. The molecule has 5 heteroatoms. The van der Waals surface area contributed by atoms with E-state index in [1.54, 1.807) is 12.1 Å². The van der Waals surface area contributed by atoms with Crippen LogP contribution in [0.15, 0.2) is 65.6 Å². The maximum Gasteiger partial charge on any atom is 0.115 e. The van der Waals surface area contributed by atoms with Gasteiger partial charge in [-0.25, -0.2) is 0 Å². The molecule has 144 valence electrons. The Hall–Kier alpha value is -2.37. The van der Waals surface area contributed by atoms with Crippen molar-refractivity contribution in [1.82, 2.24) is 4.90 Å². The second kappa shape index (κ2) is 7.57. The minimum absolute atomic E-state index is 0.333. The van der Waals surface area contributed by atoms with E-state index in [1.807, 2.05) is 24.1 Å². The van der Waals surface area contributed by atoms with E-state index in [9.17, 15) is 5.11 Å². The molecule has 0 aromatic heterocycles. The molecule has 1 fully saturated rings. The minimum Gasteiger partial charge on any atom is -0.508 e. The lowest BCUT2D eigenvalue weighted by Crippen LogP contribution is -2.46. The van der Waals surface area contributed by atoms with Crippen molar-refractivity contribution in [3.8, 4) is 5.75 Å². The van der Waals surface area contributed by atoms with Gasteiger partial charge >= 0.3 is 0 Å². The van der Waals surface area contributed by atoms with Crippen LogP contribution in [0, 0.1) is 0 Å². The highest BCUT2D eigenvalue weighted by molar-refractivity contribution is 8.01. The maximum absolute atomic E-state index is 9.46. The van der Waals surface area contributed by atoms with Gasteiger partial charge < -0.3 is 14.3 Å². The third-order valence-electron chi connectivity index (χ3n) is 5.74. The van der Waals surface area contributed by atoms with E-state index in [0.29, 0.717) is 5.75 Å². The molecule has 5 rings (SSSR count). The summed E-state index contributed by atoms with van der Waals surface area (Å²) < 4.78 is 2.46. The van der Waals surface area contributed by atoms with Crippen molar-refractivity contribution in [2.75, 3.05) is 48.5 Å². The summed E-state index contributed by atoms with van der Waals surface area (Å²) in [5, 5.41) is 12.2. The predicted molar refractivity (Wildman–Crippen MR) is 119 cm³/mol. The Morgan fingerprint density at radius 2 is 1.57 bits per heavy atom. The zero-order chi connectivity index (χ0) is 18.9. The molecule has 2 aliphatic heterocycles. The summed E-state index contributed by atoms with van der Waals surface area (Å²) in [5.41, 5.74) is 2.58. The molecule has 28 heavy (non-hydrogen) atoms. The molecular formula is C23H25N3OS. The average Bonchev–Trinajstić information content (AvgIpc) is 3.09. The Morgan fingerprint density at radius 1 is 0.821 bits per heavy atom. The highest BCUT2D eigenvalue weighted by Gasteiger charge is 2.22. The molecule has 3 aromatic carbocycles. The van der Waals surface area contributed by atoms with Gasteiger partial charge in [0.15, 0.2) is 0 Å². The van der Waals surface area contributed by atoms with Crippen molar-refractivity contribution >= 4 is 34.1 Å². The summed E-state index contributed by atoms with van der Waals surface area (Å²) in [6, 6.07) is 20.8. The van der Waals surface area contributed by atoms with Crippen LogP contribution in [0.25, 0.3) is 10.8 Å². The normalized spacial score (nSPS) is 16.9. The van der Waals surface area contributed by atoms with Crippen LogP contribution in [0.5, 0.6) is 5.75 Å². The predicted octanol–water partition coefficient (Wildman–Crippen LogP) is 4.58. The molecule has 4 nitrogen and oxygen atoms in total. The average molecular weight is 392 g/mol. The monoisotopic (exact) mass is 391 g/mol. The number of phenols is 1. The third kappa shape index (κ3) is 3.40. The Balaban J connectivity index is 1.13. The molecular weight excluding hydrogens is 366 g/mol. The molecule has 2 aliphatic rings. The first-order valence-corrected chi connectivity index (χ1v) is 10.8. The standard InChI is InChI=1S/C23H25N3OS/c27-20-10-8-19(9-11-20)25-16-14-24(15-17-25)12-3-13-26-21-6-1-4-18-5-2-7-22(28-26)23(18)21/h1-2,4-11,27H,3,12-17H2. The van der Waals surface area contributed by atoms with Crippen LogP contribution in [0.4, 0.5) is 11.4 Å². The number of rotatable bonds is 5. The number of nitrogens with zero attached hydrogens (tertiary/aromatic N) is 3. The molecule has 0 saturated carbocycles. The zero-order valence-electron chi connectivity index (χ0n) is 15.9. The van der Waals surface area contributed by atoms with Crippen molar-refractivity contribution in [2.45, 2.75) is 11.3 Å². The van der Waals surface area contributed by atoms with Crippen molar-refractivity contribution in [1.29, 1.82) is 0 Å². The lowest BCUT2D eigenvalue weighted by atomic mass is 10.1. The smallest absolute Gasteiger partial charge is 0.115 e. The Morgan fingerprint density at radius 3 is 2.36 bits per heavy atom. The molecule has 0 amide bonds. The maximum atomic E-state index is 9.46. The van der Waals surface area contributed by atoms with E-state index in [0.717, 1.165) is 39.3 Å². The fourth-order valence-corrected chi connectivity index (χ4v) is 5.40. The third-order valence-corrected chi connectivity index (χ3v) is 6.88. The summed E-state index contributed by atoms with van der Waals surface area (Å²) in [6.45, 7) is 6.53. The van der Waals surface area contributed by atoms with E-state index < -0.39 is 0 Å².